The normalized spacial score (nSPS) is 10.6. The summed E-state index contributed by atoms with van der Waals surface area (Å²) in [7, 11) is 0. The van der Waals surface area contributed by atoms with E-state index in [1.807, 2.05) is 53.1 Å². The molecule has 0 radical (unpaired) electrons. The Morgan fingerprint density at radius 3 is 2.68 bits per heavy atom. The third-order valence-corrected chi connectivity index (χ3v) is 2.89. The van der Waals surface area contributed by atoms with Crippen molar-refractivity contribution in [3.8, 4) is 5.82 Å². The van der Waals surface area contributed by atoms with Gasteiger partial charge in [0.05, 0.1) is 5.52 Å². The minimum atomic E-state index is -0.0972. The van der Waals surface area contributed by atoms with Gasteiger partial charge in [-0.15, -0.1) is 0 Å². The quantitative estimate of drug-likeness (QED) is 0.761. The summed E-state index contributed by atoms with van der Waals surface area (Å²) in [5.41, 5.74) is 1.02. The van der Waals surface area contributed by atoms with Gasteiger partial charge < -0.3 is 5.32 Å². The number of hydrogen-bond donors (Lipinski definition) is 1. The van der Waals surface area contributed by atoms with Crippen molar-refractivity contribution in [3.63, 3.8) is 0 Å². The van der Waals surface area contributed by atoms with Crippen LogP contribution in [0.3, 0.4) is 0 Å². The highest BCUT2D eigenvalue weighted by atomic mass is 16.1. The van der Waals surface area contributed by atoms with E-state index >= 15 is 0 Å². The first kappa shape index (κ1) is 11.5. The maximum atomic E-state index is 11.3. The molecule has 4 heteroatoms. The summed E-state index contributed by atoms with van der Waals surface area (Å²) >= 11 is 0. The molecule has 1 amide bonds. The monoisotopic (exact) mass is 251 g/mol. The van der Waals surface area contributed by atoms with E-state index in [0.717, 1.165) is 22.5 Å². The van der Waals surface area contributed by atoms with Gasteiger partial charge in [0.2, 0.25) is 5.91 Å². The summed E-state index contributed by atoms with van der Waals surface area (Å²) in [6, 6.07) is 15.6. The van der Waals surface area contributed by atoms with Gasteiger partial charge in [0.25, 0.3) is 0 Å². The molecule has 1 aromatic carbocycles. The second kappa shape index (κ2) is 4.57. The van der Waals surface area contributed by atoms with Crippen molar-refractivity contribution in [2.24, 2.45) is 0 Å². The first-order chi connectivity index (χ1) is 9.25. The van der Waals surface area contributed by atoms with Gasteiger partial charge in [0, 0.05) is 18.5 Å². The maximum Gasteiger partial charge on any atom is 0.222 e. The second-order valence-corrected chi connectivity index (χ2v) is 4.29. The molecular formula is C15H13N3O. The van der Waals surface area contributed by atoms with Crippen LogP contribution in [0.25, 0.3) is 16.7 Å². The van der Waals surface area contributed by atoms with Gasteiger partial charge in [-0.05, 0) is 24.3 Å². The Hall–Kier alpha value is -2.62. The average molecular weight is 251 g/mol. The first-order valence-electron chi connectivity index (χ1n) is 6.05. The molecular weight excluding hydrogens is 238 g/mol. The standard InChI is InChI=1S/C15H13N3O/c1-11(19)17-15-10-12-6-2-3-7-13(12)18(15)14-8-4-5-9-16-14/h2-10H,1H3,(H,17,19). The smallest absolute Gasteiger partial charge is 0.222 e. The number of para-hydroxylation sites is 1. The Kier molecular flexibility index (Phi) is 2.76. The molecule has 0 bridgehead atoms. The zero-order chi connectivity index (χ0) is 13.2. The molecule has 19 heavy (non-hydrogen) atoms. The Bertz CT molecular complexity index is 731. The van der Waals surface area contributed by atoms with Crippen molar-refractivity contribution in [2.75, 3.05) is 5.32 Å². The van der Waals surface area contributed by atoms with E-state index in [1.165, 1.54) is 6.92 Å². The van der Waals surface area contributed by atoms with Gasteiger partial charge in [0.1, 0.15) is 11.6 Å². The molecule has 0 saturated carbocycles. The molecule has 0 atom stereocenters. The van der Waals surface area contributed by atoms with Gasteiger partial charge in [-0.25, -0.2) is 4.98 Å². The Balaban J connectivity index is 2.27. The lowest BCUT2D eigenvalue weighted by atomic mass is 10.2. The molecule has 4 nitrogen and oxygen atoms in total. The van der Waals surface area contributed by atoms with Crippen LogP contribution >= 0.6 is 0 Å². The summed E-state index contributed by atoms with van der Waals surface area (Å²) in [5, 5.41) is 3.91. The van der Waals surface area contributed by atoms with Crippen molar-refractivity contribution in [1.82, 2.24) is 9.55 Å². The highest BCUT2D eigenvalue weighted by Crippen LogP contribution is 2.26. The molecule has 3 aromatic rings. The number of hydrogen-bond acceptors (Lipinski definition) is 2. The van der Waals surface area contributed by atoms with E-state index in [4.69, 9.17) is 0 Å². The molecule has 2 heterocycles. The average Bonchev–Trinajstić information content (AvgIpc) is 2.76. The zero-order valence-electron chi connectivity index (χ0n) is 10.5. The molecule has 94 valence electrons. The van der Waals surface area contributed by atoms with Crippen LogP contribution in [0.1, 0.15) is 6.92 Å². The van der Waals surface area contributed by atoms with Gasteiger partial charge in [-0.1, -0.05) is 24.3 Å². The predicted octanol–water partition coefficient (Wildman–Crippen LogP) is 2.98. The lowest BCUT2D eigenvalue weighted by molar-refractivity contribution is -0.114. The number of carbonyl (C=O) groups is 1. The van der Waals surface area contributed by atoms with Crippen LogP contribution in [0, 0.1) is 0 Å². The fraction of sp³-hybridized carbons (Fsp3) is 0.0667. The number of carbonyl (C=O) groups excluding carboxylic acids is 1. The number of rotatable bonds is 2. The summed E-state index contributed by atoms with van der Waals surface area (Å²) in [6.45, 7) is 1.50. The largest absolute Gasteiger partial charge is 0.312 e. The van der Waals surface area contributed by atoms with Crippen molar-refractivity contribution in [3.05, 3.63) is 54.7 Å². The van der Waals surface area contributed by atoms with Gasteiger partial charge in [0.15, 0.2) is 0 Å². The minimum absolute atomic E-state index is 0.0972. The fourth-order valence-corrected chi connectivity index (χ4v) is 2.16. The summed E-state index contributed by atoms with van der Waals surface area (Å²) in [6.07, 6.45) is 1.74. The number of anilines is 1. The predicted molar refractivity (Wildman–Crippen MR) is 75.4 cm³/mol. The maximum absolute atomic E-state index is 11.3. The lowest BCUT2D eigenvalue weighted by Gasteiger charge is -2.09. The fourth-order valence-electron chi connectivity index (χ4n) is 2.16. The highest BCUT2D eigenvalue weighted by Gasteiger charge is 2.11. The number of benzene rings is 1. The molecule has 2 aromatic heterocycles. The molecule has 1 N–H and O–H groups in total. The van der Waals surface area contributed by atoms with Gasteiger partial charge in [-0.2, -0.15) is 0 Å². The van der Waals surface area contributed by atoms with Crippen molar-refractivity contribution >= 4 is 22.6 Å². The lowest BCUT2D eigenvalue weighted by Crippen LogP contribution is -2.10. The molecule has 0 fully saturated rings. The number of amides is 1. The topological polar surface area (TPSA) is 46.9 Å². The molecule has 0 unspecified atom stereocenters. The summed E-state index contributed by atoms with van der Waals surface area (Å²) < 4.78 is 1.94. The van der Waals surface area contributed by atoms with E-state index < -0.39 is 0 Å². The van der Waals surface area contributed by atoms with Crippen molar-refractivity contribution < 1.29 is 4.79 Å². The van der Waals surface area contributed by atoms with E-state index in [0.29, 0.717) is 0 Å². The zero-order valence-corrected chi connectivity index (χ0v) is 10.5. The van der Waals surface area contributed by atoms with E-state index in [2.05, 4.69) is 10.3 Å². The van der Waals surface area contributed by atoms with E-state index in [9.17, 15) is 4.79 Å². The molecule has 0 spiro atoms. The molecule has 3 rings (SSSR count). The van der Waals surface area contributed by atoms with Gasteiger partial charge in [-0.3, -0.25) is 9.36 Å². The van der Waals surface area contributed by atoms with E-state index in [-0.39, 0.29) is 5.91 Å². The first-order valence-corrected chi connectivity index (χ1v) is 6.05. The van der Waals surface area contributed by atoms with Crippen LogP contribution in [0.15, 0.2) is 54.7 Å². The van der Waals surface area contributed by atoms with E-state index in [1.54, 1.807) is 6.20 Å². The summed E-state index contributed by atoms with van der Waals surface area (Å²) in [5.74, 6) is 1.42. The SMILES string of the molecule is CC(=O)Nc1cc2ccccc2n1-c1ccccn1. The summed E-state index contributed by atoms with van der Waals surface area (Å²) in [4.78, 5) is 15.7. The Morgan fingerprint density at radius 2 is 1.95 bits per heavy atom. The van der Waals surface area contributed by atoms with Crippen LogP contribution in [-0.4, -0.2) is 15.5 Å². The Labute approximate surface area is 110 Å². The van der Waals surface area contributed by atoms with Crippen LogP contribution in [-0.2, 0) is 4.79 Å². The number of pyridine rings is 1. The molecule has 0 aliphatic carbocycles. The number of fused-ring (bicyclic) bond motifs is 1. The molecule has 0 saturated heterocycles. The van der Waals surface area contributed by atoms with Crippen molar-refractivity contribution in [2.45, 2.75) is 6.92 Å². The minimum Gasteiger partial charge on any atom is -0.312 e. The van der Waals surface area contributed by atoms with Crippen molar-refractivity contribution in [1.29, 1.82) is 0 Å². The number of nitrogens with one attached hydrogen (secondary N) is 1. The second-order valence-electron chi connectivity index (χ2n) is 4.29. The number of aromatic nitrogens is 2. The third kappa shape index (κ3) is 2.08. The molecule has 0 aliphatic heterocycles. The third-order valence-electron chi connectivity index (χ3n) is 2.89. The molecule has 0 aliphatic rings. The highest BCUT2D eigenvalue weighted by molar-refractivity contribution is 5.94. The number of nitrogens with zero attached hydrogens (tertiary/aromatic N) is 2. The van der Waals surface area contributed by atoms with Crippen LogP contribution in [0.4, 0.5) is 5.82 Å². The Morgan fingerprint density at radius 1 is 1.16 bits per heavy atom. The van der Waals surface area contributed by atoms with Gasteiger partial charge >= 0.3 is 0 Å². The van der Waals surface area contributed by atoms with Crippen LogP contribution < -0.4 is 5.32 Å². The van der Waals surface area contributed by atoms with Crippen LogP contribution in [0.2, 0.25) is 0 Å². The van der Waals surface area contributed by atoms with Crippen LogP contribution in [0.5, 0.6) is 0 Å².